The summed E-state index contributed by atoms with van der Waals surface area (Å²) in [4.78, 5) is 0. The number of fused-ring (bicyclic) bond motifs is 1. The van der Waals surface area contributed by atoms with Gasteiger partial charge in [-0.25, -0.2) is 0 Å². The van der Waals surface area contributed by atoms with Gasteiger partial charge in [0.1, 0.15) is 17.6 Å². The summed E-state index contributed by atoms with van der Waals surface area (Å²) in [5.41, 5.74) is 4.15. The van der Waals surface area contributed by atoms with Crippen molar-refractivity contribution in [2.75, 3.05) is 5.75 Å². The lowest BCUT2D eigenvalue weighted by atomic mass is 9.96. The summed E-state index contributed by atoms with van der Waals surface area (Å²) in [6, 6.07) is 0. The van der Waals surface area contributed by atoms with Crippen molar-refractivity contribution >= 4 is 12.6 Å². The monoisotopic (exact) mass is 238 g/mol. The van der Waals surface area contributed by atoms with E-state index in [1.54, 1.807) is 0 Å². The minimum absolute atomic E-state index is 0.228. The molecule has 1 atom stereocenters. The largest absolute Gasteiger partial charge is 0.507 e. The van der Waals surface area contributed by atoms with Crippen molar-refractivity contribution in [1.82, 2.24) is 0 Å². The Kier molecular flexibility index (Phi) is 3.06. The van der Waals surface area contributed by atoms with E-state index in [1.165, 1.54) is 5.56 Å². The van der Waals surface area contributed by atoms with Crippen molar-refractivity contribution in [1.29, 1.82) is 0 Å². The molecule has 1 aromatic rings. The lowest BCUT2D eigenvalue weighted by molar-refractivity contribution is 0.228. The second-order valence-corrected chi connectivity index (χ2v) is 4.93. The molecule has 0 saturated carbocycles. The topological polar surface area (TPSA) is 29.5 Å². The molecule has 1 aliphatic rings. The van der Waals surface area contributed by atoms with Crippen molar-refractivity contribution in [3.8, 4) is 11.5 Å². The Bertz CT molecular complexity index is 390. The van der Waals surface area contributed by atoms with Crippen molar-refractivity contribution in [3.63, 3.8) is 0 Å². The minimum atomic E-state index is 0.228. The molecule has 88 valence electrons. The Hall–Kier alpha value is -0.830. The van der Waals surface area contributed by atoms with Crippen LogP contribution in [0.2, 0.25) is 0 Å². The average molecular weight is 238 g/mol. The van der Waals surface area contributed by atoms with Crippen LogP contribution in [0.3, 0.4) is 0 Å². The highest BCUT2D eigenvalue weighted by atomic mass is 32.1. The van der Waals surface area contributed by atoms with Gasteiger partial charge in [0.15, 0.2) is 0 Å². The molecule has 0 aromatic heterocycles. The minimum Gasteiger partial charge on any atom is -0.507 e. The predicted molar refractivity (Wildman–Crippen MR) is 68.9 cm³/mol. The molecule has 1 aromatic carbocycles. The standard InChI is InChI=1S/C13H18O2S/c1-7-8(2)13-11(9(3)12(7)14)6-10(15-13)4-5-16/h10,14,16H,4-6H2,1-3H3. The number of aromatic hydroxyl groups is 1. The number of phenolic OH excluding ortho intramolecular Hbond substituents is 1. The molecule has 1 unspecified atom stereocenters. The third-order valence-corrected chi connectivity index (χ3v) is 3.77. The number of hydrogen-bond donors (Lipinski definition) is 2. The third kappa shape index (κ3) is 1.67. The first-order valence-corrected chi connectivity index (χ1v) is 6.28. The molecule has 0 aliphatic carbocycles. The van der Waals surface area contributed by atoms with Crippen LogP contribution in [0.4, 0.5) is 0 Å². The Labute approximate surface area is 102 Å². The van der Waals surface area contributed by atoms with Gasteiger partial charge in [-0.05, 0) is 49.6 Å². The highest BCUT2D eigenvalue weighted by Gasteiger charge is 2.28. The first kappa shape index (κ1) is 11.6. The van der Waals surface area contributed by atoms with Crippen LogP contribution in [-0.4, -0.2) is 17.0 Å². The van der Waals surface area contributed by atoms with Crippen molar-refractivity contribution in [2.45, 2.75) is 39.7 Å². The summed E-state index contributed by atoms with van der Waals surface area (Å²) in [5, 5.41) is 10.00. The first-order valence-electron chi connectivity index (χ1n) is 5.65. The molecule has 0 bridgehead atoms. The van der Waals surface area contributed by atoms with Gasteiger partial charge in [-0.15, -0.1) is 0 Å². The molecule has 1 N–H and O–H groups in total. The average Bonchev–Trinajstić information content (AvgIpc) is 2.68. The molecule has 2 rings (SSSR count). The van der Waals surface area contributed by atoms with E-state index in [9.17, 15) is 5.11 Å². The van der Waals surface area contributed by atoms with Gasteiger partial charge in [0, 0.05) is 12.0 Å². The Balaban J connectivity index is 2.45. The Morgan fingerprint density at radius 2 is 1.94 bits per heavy atom. The van der Waals surface area contributed by atoms with Crippen LogP contribution in [-0.2, 0) is 6.42 Å². The zero-order valence-electron chi connectivity index (χ0n) is 10.0. The SMILES string of the molecule is Cc1c(C)c2c(c(C)c1O)CC(CCS)O2. The van der Waals surface area contributed by atoms with Crippen molar-refractivity contribution in [3.05, 3.63) is 22.3 Å². The third-order valence-electron chi connectivity index (χ3n) is 3.51. The van der Waals surface area contributed by atoms with Gasteiger partial charge >= 0.3 is 0 Å². The van der Waals surface area contributed by atoms with E-state index in [2.05, 4.69) is 12.6 Å². The lowest BCUT2D eigenvalue weighted by Gasteiger charge is -2.13. The molecule has 1 aliphatic heterocycles. The lowest BCUT2D eigenvalue weighted by Crippen LogP contribution is -2.13. The zero-order valence-corrected chi connectivity index (χ0v) is 10.9. The van der Waals surface area contributed by atoms with Crippen LogP contribution in [0.25, 0.3) is 0 Å². The molecule has 0 saturated heterocycles. The molecular weight excluding hydrogens is 220 g/mol. The fraction of sp³-hybridized carbons (Fsp3) is 0.538. The molecule has 16 heavy (non-hydrogen) atoms. The molecule has 2 nitrogen and oxygen atoms in total. The smallest absolute Gasteiger partial charge is 0.126 e. The second-order valence-electron chi connectivity index (χ2n) is 4.49. The first-order chi connectivity index (χ1) is 7.56. The van der Waals surface area contributed by atoms with E-state index in [1.807, 2.05) is 20.8 Å². The van der Waals surface area contributed by atoms with Crippen LogP contribution < -0.4 is 4.74 Å². The summed E-state index contributed by atoms with van der Waals surface area (Å²) < 4.78 is 5.93. The number of ether oxygens (including phenoxy) is 1. The fourth-order valence-corrected chi connectivity index (χ4v) is 2.60. The molecule has 0 fully saturated rings. The van der Waals surface area contributed by atoms with Crippen LogP contribution in [0, 0.1) is 20.8 Å². The van der Waals surface area contributed by atoms with Gasteiger partial charge < -0.3 is 9.84 Å². The van der Waals surface area contributed by atoms with Gasteiger partial charge in [-0.3, -0.25) is 0 Å². The summed E-state index contributed by atoms with van der Waals surface area (Å²) >= 11 is 4.24. The maximum Gasteiger partial charge on any atom is 0.126 e. The van der Waals surface area contributed by atoms with Crippen LogP contribution >= 0.6 is 12.6 Å². The Morgan fingerprint density at radius 3 is 2.56 bits per heavy atom. The molecule has 1 heterocycles. The summed E-state index contributed by atoms with van der Waals surface area (Å²) in [6.45, 7) is 5.91. The highest BCUT2D eigenvalue weighted by molar-refractivity contribution is 7.80. The summed E-state index contributed by atoms with van der Waals surface area (Å²) in [7, 11) is 0. The van der Waals surface area contributed by atoms with Crippen LogP contribution in [0.1, 0.15) is 28.7 Å². The molecule has 3 heteroatoms. The van der Waals surface area contributed by atoms with E-state index >= 15 is 0 Å². The normalized spacial score (nSPS) is 18.4. The zero-order chi connectivity index (χ0) is 11.9. The molecular formula is C13H18O2S. The maximum atomic E-state index is 10.00. The molecule has 0 amide bonds. The number of hydrogen-bond acceptors (Lipinski definition) is 3. The van der Waals surface area contributed by atoms with Gasteiger partial charge in [0.25, 0.3) is 0 Å². The van der Waals surface area contributed by atoms with Gasteiger partial charge in [-0.1, -0.05) is 0 Å². The highest BCUT2D eigenvalue weighted by Crippen LogP contribution is 2.42. The Morgan fingerprint density at radius 1 is 1.25 bits per heavy atom. The van der Waals surface area contributed by atoms with E-state index in [-0.39, 0.29) is 6.10 Å². The predicted octanol–water partition coefficient (Wildman–Crippen LogP) is 2.94. The molecule has 0 radical (unpaired) electrons. The summed E-state index contributed by atoms with van der Waals surface area (Å²) in [5.74, 6) is 2.24. The van der Waals surface area contributed by atoms with Gasteiger partial charge in [0.2, 0.25) is 0 Å². The quantitative estimate of drug-likeness (QED) is 0.776. The summed E-state index contributed by atoms with van der Waals surface area (Å²) in [6.07, 6.45) is 2.08. The number of thiol groups is 1. The van der Waals surface area contributed by atoms with E-state index in [4.69, 9.17) is 4.74 Å². The fourth-order valence-electron chi connectivity index (χ4n) is 2.31. The van der Waals surface area contributed by atoms with Crippen molar-refractivity contribution in [2.24, 2.45) is 0 Å². The maximum absolute atomic E-state index is 10.00. The number of rotatable bonds is 2. The van der Waals surface area contributed by atoms with E-state index in [0.29, 0.717) is 5.75 Å². The second kappa shape index (κ2) is 4.21. The molecule has 0 spiro atoms. The number of benzene rings is 1. The van der Waals surface area contributed by atoms with Gasteiger partial charge in [0.05, 0.1) is 0 Å². The van der Waals surface area contributed by atoms with E-state index < -0.39 is 0 Å². The van der Waals surface area contributed by atoms with Crippen LogP contribution in [0.5, 0.6) is 11.5 Å². The van der Waals surface area contributed by atoms with Crippen LogP contribution in [0.15, 0.2) is 0 Å². The number of phenols is 1. The van der Waals surface area contributed by atoms with Gasteiger partial charge in [-0.2, -0.15) is 12.6 Å². The van der Waals surface area contributed by atoms with Crippen molar-refractivity contribution < 1.29 is 9.84 Å². The van der Waals surface area contributed by atoms with E-state index in [0.717, 1.165) is 41.0 Å².